The van der Waals surface area contributed by atoms with Crippen LogP contribution in [0.1, 0.15) is 30.7 Å². The molecule has 1 amide bonds. The fourth-order valence-corrected chi connectivity index (χ4v) is 4.06. The van der Waals surface area contributed by atoms with E-state index in [0.717, 1.165) is 45.6 Å². The van der Waals surface area contributed by atoms with Gasteiger partial charge in [0.15, 0.2) is 0 Å². The fourth-order valence-electron chi connectivity index (χ4n) is 3.21. The van der Waals surface area contributed by atoms with E-state index >= 15 is 0 Å². The van der Waals surface area contributed by atoms with Crippen LogP contribution in [0.2, 0.25) is 0 Å². The number of nitrogens with one attached hydrogen (secondary N) is 1. The van der Waals surface area contributed by atoms with Gasteiger partial charge in [-0.3, -0.25) is 9.69 Å². The molecule has 1 aromatic rings. The van der Waals surface area contributed by atoms with E-state index in [1.54, 1.807) is 11.3 Å². The Bertz CT molecular complexity index is 442. The zero-order valence-corrected chi connectivity index (χ0v) is 12.9. The third-order valence-electron chi connectivity index (χ3n) is 4.23. The summed E-state index contributed by atoms with van der Waals surface area (Å²) >= 11 is 1.70. The zero-order chi connectivity index (χ0) is 13.9. The van der Waals surface area contributed by atoms with E-state index in [1.165, 1.54) is 4.88 Å². The van der Waals surface area contributed by atoms with Crippen LogP contribution in [0.25, 0.3) is 0 Å². The van der Waals surface area contributed by atoms with E-state index in [0.29, 0.717) is 11.9 Å². The summed E-state index contributed by atoms with van der Waals surface area (Å²) in [5, 5.41) is 5.53. The minimum atomic E-state index is -0.0716. The number of thiophene rings is 1. The molecule has 3 heterocycles. The fraction of sp³-hybridized carbons (Fsp3) is 0.667. The first-order valence-electron chi connectivity index (χ1n) is 7.55. The lowest BCUT2D eigenvalue weighted by atomic mass is 10.1. The second kappa shape index (κ2) is 6.24. The number of likely N-dealkylation sites (tertiary alicyclic amines) is 1. The lowest BCUT2D eigenvalue weighted by molar-refractivity contribution is -0.136. The van der Waals surface area contributed by atoms with Crippen molar-refractivity contribution in [2.24, 2.45) is 0 Å². The Labute approximate surface area is 124 Å². The summed E-state index contributed by atoms with van der Waals surface area (Å²) in [5.41, 5.74) is 0. The number of nitrogens with zero attached hydrogens (tertiary/aromatic N) is 2. The van der Waals surface area contributed by atoms with Crippen molar-refractivity contribution >= 4 is 17.2 Å². The van der Waals surface area contributed by atoms with E-state index in [4.69, 9.17) is 0 Å². The van der Waals surface area contributed by atoms with Crippen LogP contribution < -0.4 is 5.32 Å². The molecule has 0 aromatic carbocycles. The molecule has 0 bridgehead atoms. The summed E-state index contributed by atoms with van der Waals surface area (Å²) in [6, 6.07) is 4.54. The highest BCUT2D eigenvalue weighted by atomic mass is 32.1. The van der Waals surface area contributed by atoms with Crippen molar-refractivity contribution < 1.29 is 4.79 Å². The van der Waals surface area contributed by atoms with Crippen molar-refractivity contribution in [3.05, 3.63) is 22.4 Å². The number of hydrogen-bond donors (Lipinski definition) is 1. The third kappa shape index (κ3) is 2.90. The van der Waals surface area contributed by atoms with Gasteiger partial charge in [-0.25, -0.2) is 0 Å². The average molecular weight is 293 g/mol. The van der Waals surface area contributed by atoms with Gasteiger partial charge in [0.25, 0.3) is 0 Å². The Morgan fingerprint density at radius 1 is 1.40 bits per heavy atom. The third-order valence-corrected chi connectivity index (χ3v) is 5.15. The molecule has 110 valence electrons. The monoisotopic (exact) mass is 293 g/mol. The molecule has 0 radical (unpaired) electrons. The molecule has 2 atom stereocenters. The molecule has 0 spiro atoms. The highest BCUT2D eigenvalue weighted by Gasteiger charge is 2.34. The number of rotatable bonds is 3. The van der Waals surface area contributed by atoms with Crippen LogP contribution >= 0.6 is 11.3 Å². The molecular formula is C15H23N3OS. The van der Waals surface area contributed by atoms with Crippen LogP contribution in [0.15, 0.2) is 17.5 Å². The second-order valence-electron chi connectivity index (χ2n) is 5.80. The van der Waals surface area contributed by atoms with E-state index < -0.39 is 0 Å². The second-order valence-corrected chi connectivity index (χ2v) is 6.78. The molecule has 2 aliphatic heterocycles. The largest absolute Gasteiger partial charge is 0.341 e. The summed E-state index contributed by atoms with van der Waals surface area (Å²) < 4.78 is 0. The number of piperazine rings is 1. The van der Waals surface area contributed by atoms with Crippen molar-refractivity contribution in [2.75, 3.05) is 32.7 Å². The first-order valence-corrected chi connectivity index (χ1v) is 8.43. The Hall–Kier alpha value is -0.910. The van der Waals surface area contributed by atoms with Crippen molar-refractivity contribution in [2.45, 2.75) is 31.8 Å². The van der Waals surface area contributed by atoms with Gasteiger partial charge in [0.2, 0.25) is 5.91 Å². The molecular weight excluding hydrogens is 270 g/mol. The Morgan fingerprint density at radius 3 is 2.85 bits per heavy atom. The summed E-state index contributed by atoms with van der Waals surface area (Å²) in [4.78, 5) is 18.5. The quantitative estimate of drug-likeness (QED) is 0.921. The van der Waals surface area contributed by atoms with Gasteiger partial charge in [0.05, 0.1) is 0 Å². The van der Waals surface area contributed by atoms with Gasteiger partial charge < -0.3 is 10.2 Å². The lowest BCUT2D eigenvalue weighted by Crippen LogP contribution is -2.53. The van der Waals surface area contributed by atoms with Crippen LogP contribution in [0.5, 0.6) is 0 Å². The molecule has 3 rings (SSSR count). The Balaban J connectivity index is 1.81. The van der Waals surface area contributed by atoms with Crippen LogP contribution in [-0.2, 0) is 4.79 Å². The van der Waals surface area contributed by atoms with Crippen LogP contribution in [-0.4, -0.2) is 54.5 Å². The van der Waals surface area contributed by atoms with Crippen LogP contribution in [0.3, 0.4) is 0 Å². The van der Waals surface area contributed by atoms with Crippen molar-refractivity contribution in [3.63, 3.8) is 0 Å². The zero-order valence-electron chi connectivity index (χ0n) is 12.0. The molecule has 2 aliphatic rings. The smallest absolute Gasteiger partial charge is 0.245 e. The average Bonchev–Trinajstić information content (AvgIpc) is 3.12. The van der Waals surface area contributed by atoms with E-state index in [1.807, 2.05) is 0 Å². The first-order chi connectivity index (χ1) is 9.75. The van der Waals surface area contributed by atoms with E-state index in [-0.39, 0.29) is 6.04 Å². The van der Waals surface area contributed by atoms with Gasteiger partial charge in [0, 0.05) is 43.6 Å². The highest BCUT2D eigenvalue weighted by Crippen LogP contribution is 2.29. The topological polar surface area (TPSA) is 35.6 Å². The Kier molecular flexibility index (Phi) is 4.38. The molecule has 2 saturated heterocycles. The number of amides is 1. The normalized spacial score (nSPS) is 25.9. The SMILES string of the molecule is CC1CN(C(C(=O)N2CCCC2)c2cccs2)CCN1. The summed E-state index contributed by atoms with van der Waals surface area (Å²) in [7, 11) is 0. The maximum atomic E-state index is 12.9. The minimum Gasteiger partial charge on any atom is -0.341 e. The Morgan fingerprint density at radius 2 is 2.20 bits per heavy atom. The van der Waals surface area contributed by atoms with Crippen LogP contribution in [0.4, 0.5) is 0 Å². The first kappa shape index (κ1) is 14.0. The number of hydrogen-bond acceptors (Lipinski definition) is 4. The number of carbonyl (C=O) groups excluding carboxylic acids is 1. The summed E-state index contributed by atoms with van der Waals surface area (Å²) in [6.45, 7) is 6.92. The van der Waals surface area contributed by atoms with Gasteiger partial charge in [-0.05, 0) is 31.2 Å². The summed E-state index contributed by atoms with van der Waals surface area (Å²) in [6.07, 6.45) is 2.31. The lowest BCUT2D eigenvalue weighted by Gasteiger charge is -2.38. The molecule has 2 unspecified atom stereocenters. The van der Waals surface area contributed by atoms with E-state index in [9.17, 15) is 4.79 Å². The summed E-state index contributed by atoms with van der Waals surface area (Å²) in [5.74, 6) is 0.305. The molecule has 4 nitrogen and oxygen atoms in total. The highest BCUT2D eigenvalue weighted by molar-refractivity contribution is 7.10. The molecule has 0 aliphatic carbocycles. The molecule has 0 saturated carbocycles. The van der Waals surface area contributed by atoms with Gasteiger partial charge >= 0.3 is 0 Å². The molecule has 1 N–H and O–H groups in total. The predicted molar refractivity (Wildman–Crippen MR) is 81.9 cm³/mol. The standard InChI is InChI=1S/C15H23N3OS/c1-12-11-18(9-6-16-12)14(13-5-4-10-20-13)15(19)17-7-2-3-8-17/h4-5,10,12,14,16H,2-3,6-9,11H2,1H3. The predicted octanol–water partition coefficient (Wildman–Crippen LogP) is 1.71. The molecule has 5 heteroatoms. The minimum absolute atomic E-state index is 0.0716. The van der Waals surface area contributed by atoms with Gasteiger partial charge in [-0.2, -0.15) is 0 Å². The molecule has 1 aromatic heterocycles. The maximum absolute atomic E-state index is 12.9. The number of carbonyl (C=O) groups is 1. The van der Waals surface area contributed by atoms with Crippen molar-refractivity contribution in [1.29, 1.82) is 0 Å². The molecule has 20 heavy (non-hydrogen) atoms. The maximum Gasteiger partial charge on any atom is 0.245 e. The van der Waals surface area contributed by atoms with Crippen molar-refractivity contribution in [1.82, 2.24) is 15.1 Å². The van der Waals surface area contributed by atoms with Gasteiger partial charge in [-0.15, -0.1) is 11.3 Å². The van der Waals surface area contributed by atoms with Gasteiger partial charge in [-0.1, -0.05) is 6.07 Å². The van der Waals surface area contributed by atoms with Crippen LogP contribution in [0, 0.1) is 0 Å². The van der Waals surface area contributed by atoms with Gasteiger partial charge in [0.1, 0.15) is 6.04 Å². The molecule has 2 fully saturated rings. The van der Waals surface area contributed by atoms with E-state index in [2.05, 4.69) is 39.6 Å². The van der Waals surface area contributed by atoms with Crippen molar-refractivity contribution in [3.8, 4) is 0 Å².